The third kappa shape index (κ3) is 2.17. The number of nitrogens with zero attached hydrogens (tertiary/aromatic N) is 1. The fraction of sp³-hybridized carbons (Fsp3) is 0.167. The molecule has 94 valence electrons. The van der Waals surface area contributed by atoms with Crippen molar-refractivity contribution in [3.63, 3.8) is 0 Å². The van der Waals surface area contributed by atoms with Crippen molar-refractivity contribution >= 4 is 17.5 Å². The summed E-state index contributed by atoms with van der Waals surface area (Å²) in [6, 6.07) is 3.58. The molecule has 0 aliphatic carbocycles. The number of amides is 1. The molecule has 5 nitrogen and oxygen atoms in total. The Morgan fingerprint density at radius 3 is 2.72 bits per heavy atom. The summed E-state index contributed by atoms with van der Waals surface area (Å²) in [5.74, 6) is -0.691. The quantitative estimate of drug-likeness (QED) is 0.800. The summed E-state index contributed by atoms with van der Waals surface area (Å²) in [7, 11) is 0. The first-order chi connectivity index (χ1) is 8.49. The summed E-state index contributed by atoms with van der Waals surface area (Å²) in [6.07, 6.45) is 0. The molecule has 18 heavy (non-hydrogen) atoms. The molecule has 0 unspecified atom stereocenters. The second-order valence-electron chi connectivity index (χ2n) is 3.91. The minimum absolute atomic E-state index is 0.0707. The molecular formula is C12H12FN3O2. The molecule has 1 heterocycles. The van der Waals surface area contributed by atoms with Crippen molar-refractivity contribution in [3.8, 4) is 0 Å². The van der Waals surface area contributed by atoms with Crippen LogP contribution in [-0.4, -0.2) is 11.1 Å². The van der Waals surface area contributed by atoms with Crippen molar-refractivity contribution in [1.82, 2.24) is 5.16 Å². The number of nitrogens with one attached hydrogen (secondary N) is 1. The van der Waals surface area contributed by atoms with Crippen molar-refractivity contribution in [2.75, 3.05) is 11.1 Å². The van der Waals surface area contributed by atoms with Crippen molar-refractivity contribution < 1.29 is 13.7 Å². The number of benzene rings is 1. The summed E-state index contributed by atoms with van der Waals surface area (Å²) in [6.45, 7) is 3.54. The molecule has 0 bridgehead atoms. The van der Waals surface area contributed by atoms with Gasteiger partial charge < -0.3 is 10.3 Å². The number of carbonyl (C=O) groups is 1. The number of anilines is 2. The predicted molar refractivity (Wildman–Crippen MR) is 64.7 cm³/mol. The average molecular weight is 249 g/mol. The number of hydrogen-bond donors (Lipinski definition) is 2. The average Bonchev–Trinajstić information content (AvgIpc) is 2.61. The van der Waals surface area contributed by atoms with E-state index in [9.17, 15) is 9.18 Å². The first-order valence-corrected chi connectivity index (χ1v) is 5.28. The van der Waals surface area contributed by atoms with E-state index in [4.69, 9.17) is 10.3 Å². The topological polar surface area (TPSA) is 81.2 Å². The maximum absolute atomic E-state index is 12.9. The van der Waals surface area contributed by atoms with Gasteiger partial charge in [-0.1, -0.05) is 5.16 Å². The van der Waals surface area contributed by atoms with Crippen molar-refractivity contribution in [1.29, 1.82) is 0 Å². The molecule has 1 aromatic heterocycles. The van der Waals surface area contributed by atoms with E-state index >= 15 is 0 Å². The van der Waals surface area contributed by atoms with Crippen molar-refractivity contribution in [2.45, 2.75) is 13.8 Å². The lowest BCUT2D eigenvalue weighted by atomic mass is 10.1. The molecule has 2 rings (SSSR count). The van der Waals surface area contributed by atoms with Gasteiger partial charge in [-0.15, -0.1) is 0 Å². The van der Waals surface area contributed by atoms with Gasteiger partial charge in [0, 0.05) is 11.3 Å². The summed E-state index contributed by atoms with van der Waals surface area (Å²) >= 11 is 0. The molecule has 1 aromatic carbocycles. The highest BCUT2D eigenvalue weighted by Gasteiger charge is 2.15. The number of halogens is 1. The standard InChI is InChI=1S/C12H12FN3O2/c1-6-7(2)16-18-12(6)15-11(17)9-4-3-8(13)5-10(9)14/h3-5H,14H2,1-2H3,(H,15,17). The molecular weight excluding hydrogens is 237 g/mol. The molecule has 3 N–H and O–H groups in total. The van der Waals surface area contributed by atoms with Gasteiger partial charge in [-0.25, -0.2) is 4.39 Å². The molecule has 0 aliphatic heterocycles. The Labute approximate surface area is 103 Å². The molecule has 6 heteroatoms. The number of aromatic nitrogens is 1. The lowest BCUT2D eigenvalue weighted by molar-refractivity contribution is 0.102. The third-order valence-electron chi connectivity index (χ3n) is 2.64. The van der Waals surface area contributed by atoms with E-state index in [2.05, 4.69) is 10.5 Å². The molecule has 1 amide bonds. The summed E-state index contributed by atoms with van der Waals surface area (Å²) in [5.41, 5.74) is 7.26. The molecule has 0 atom stereocenters. The zero-order valence-electron chi connectivity index (χ0n) is 9.95. The molecule has 0 saturated heterocycles. The van der Waals surface area contributed by atoms with Gasteiger partial charge in [0.15, 0.2) is 0 Å². The summed E-state index contributed by atoms with van der Waals surface area (Å²) < 4.78 is 17.8. The number of aryl methyl sites for hydroxylation is 1. The zero-order valence-corrected chi connectivity index (χ0v) is 9.95. The van der Waals surface area contributed by atoms with Crippen molar-refractivity contribution in [2.24, 2.45) is 0 Å². The van der Waals surface area contributed by atoms with Gasteiger partial charge >= 0.3 is 0 Å². The molecule has 0 spiro atoms. The number of nitrogen functional groups attached to an aromatic ring is 1. The van der Waals surface area contributed by atoms with Crippen LogP contribution in [0.25, 0.3) is 0 Å². The molecule has 0 saturated carbocycles. The van der Waals surface area contributed by atoms with E-state index in [1.165, 1.54) is 12.1 Å². The Balaban J connectivity index is 2.25. The highest BCUT2D eigenvalue weighted by atomic mass is 19.1. The van der Waals surface area contributed by atoms with Crippen LogP contribution in [-0.2, 0) is 0 Å². The number of rotatable bonds is 2. The van der Waals surface area contributed by atoms with E-state index in [-0.39, 0.29) is 17.1 Å². The van der Waals surface area contributed by atoms with Crippen LogP contribution < -0.4 is 11.1 Å². The lowest BCUT2D eigenvalue weighted by Gasteiger charge is -2.05. The monoisotopic (exact) mass is 249 g/mol. The Morgan fingerprint density at radius 2 is 2.17 bits per heavy atom. The fourth-order valence-electron chi connectivity index (χ4n) is 1.44. The molecule has 0 aliphatic rings. The molecule has 0 fully saturated rings. The highest BCUT2D eigenvalue weighted by Crippen LogP contribution is 2.20. The molecule has 0 radical (unpaired) electrons. The van der Waals surface area contributed by atoms with Crippen LogP contribution in [0.15, 0.2) is 22.7 Å². The second-order valence-corrected chi connectivity index (χ2v) is 3.91. The Kier molecular flexibility index (Phi) is 3.01. The highest BCUT2D eigenvalue weighted by molar-refractivity contribution is 6.07. The minimum Gasteiger partial charge on any atom is -0.398 e. The Hall–Kier alpha value is -2.37. The largest absolute Gasteiger partial charge is 0.398 e. The van der Waals surface area contributed by atoms with Gasteiger partial charge in [-0.05, 0) is 32.0 Å². The second kappa shape index (κ2) is 4.48. The molecule has 2 aromatic rings. The van der Waals surface area contributed by atoms with Gasteiger partial charge in [0.1, 0.15) is 5.82 Å². The van der Waals surface area contributed by atoms with Crippen LogP contribution in [0.2, 0.25) is 0 Å². The first kappa shape index (κ1) is 12.1. The zero-order chi connectivity index (χ0) is 13.3. The summed E-state index contributed by atoms with van der Waals surface area (Å²) in [4.78, 5) is 11.9. The summed E-state index contributed by atoms with van der Waals surface area (Å²) in [5, 5.41) is 6.26. The maximum atomic E-state index is 12.9. The number of nitrogens with two attached hydrogens (primary N) is 1. The van der Waals surface area contributed by atoms with E-state index in [1.807, 2.05) is 0 Å². The van der Waals surface area contributed by atoms with Gasteiger partial charge in [0.2, 0.25) is 5.88 Å². The normalized spacial score (nSPS) is 10.4. The van der Waals surface area contributed by atoms with E-state index < -0.39 is 11.7 Å². The van der Waals surface area contributed by atoms with Crippen LogP contribution in [0.3, 0.4) is 0 Å². The van der Waals surface area contributed by atoms with Gasteiger partial charge in [0.25, 0.3) is 5.91 Å². The van der Waals surface area contributed by atoms with Gasteiger partial charge in [-0.3, -0.25) is 10.1 Å². The maximum Gasteiger partial charge on any atom is 0.260 e. The number of carbonyl (C=O) groups excluding carboxylic acids is 1. The van der Waals surface area contributed by atoms with E-state index in [0.717, 1.165) is 11.6 Å². The predicted octanol–water partition coefficient (Wildman–Crippen LogP) is 2.27. The van der Waals surface area contributed by atoms with Crippen molar-refractivity contribution in [3.05, 3.63) is 40.8 Å². The van der Waals surface area contributed by atoms with Crippen LogP contribution in [0.5, 0.6) is 0 Å². The first-order valence-electron chi connectivity index (χ1n) is 5.28. The lowest BCUT2D eigenvalue weighted by Crippen LogP contribution is -2.14. The Bertz CT molecular complexity index is 607. The van der Waals surface area contributed by atoms with Crippen LogP contribution in [0.1, 0.15) is 21.6 Å². The van der Waals surface area contributed by atoms with E-state index in [1.54, 1.807) is 13.8 Å². The van der Waals surface area contributed by atoms with Crippen LogP contribution in [0, 0.1) is 19.7 Å². The Morgan fingerprint density at radius 1 is 1.44 bits per heavy atom. The van der Waals surface area contributed by atoms with Gasteiger partial charge in [0.05, 0.1) is 11.3 Å². The SMILES string of the molecule is Cc1noc(NC(=O)c2ccc(F)cc2N)c1C. The fourth-order valence-corrected chi connectivity index (χ4v) is 1.44. The van der Waals surface area contributed by atoms with Crippen LogP contribution >= 0.6 is 0 Å². The number of hydrogen-bond acceptors (Lipinski definition) is 4. The van der Waals surface area contributed by atoms with E-state index in [0.29, 0.717) is 5.69 Å². The van der Waals surface area contributed by atoms with Crippen LogP contribution in [0.4, 0.5) is 16.0 Å². The van der Waals surface area contributed by atoms with Gasteiger partial charge in [-0.2, -0.15) is 0 Å². The third-order valence-corrected chi connectivity index (χ3v) is 2.64. The minimum atomic E-state index is -0.490. The smallest absolute Gasteiger partial charge is 0.260 e.